The number of rotatable bonds is 8. The van der Waals surface area contributed by atoms with Crippen molar-refractivity contribution in [2.24, 2.45) is 0 Å². The van der Waals surface area contributed by atoms with Gasteiger partial charge in [0.1, 0.15) is 0 Å². The lowest BCUT2D eigenvalue weighted by Gasteiger charge is -2.21. The molecule has 7 nitrogen and oxygen atoms in total. The van der Waals surface area contributed by atoms with Gasteiger partial charge in [-0.3, -0.25) is 19.8 Å². The van der Waals surface area contributed by atoms with E-state index in [1.54, 1.807) is 17.0 Å². The van der Waals surface area contributed by atoms with Crippen LogP contribution in [0.5, 0.6) is 5.75 Å². The molecule has 9 heteroatoms. The van der Waals surface area contributed by atoms with Crippen LogP contribution in [0.2, 0.25) is 0 Å². The Labute approximate surface area is 199 Å². The number of methoxy groups -OCH3 is 1. The summed E-state index contributed by atoms with van der Waals surface area (Å²) in [7, 11) is 1.40. The third kappa shape index (κ3) is 4.99. The molecule has 0 aliphatic heterocycles. The van der Waals surface area contributed by atoms with Crippen molar-refractivity contribution in [3.05, 3.63) is 88.0 Å². The molecule has 0 aliphatic rings. The monoisotopic (exact) mass is 479 g/mol. The maximum absolute atomic E-state index is 13.4. The van der Waals surface area contributed by atoms with Crippen molar-refractivity contribution >= 4 is 55.7 Å². The zero-order chi connectivity index (χ0) is 23.4. The fraction of sp³-hybridized carbons (Fsp3) is 0.167. The van der Waals surface area contributed by atoms with Crippen LogP contribution in [0, 0.1) is 17.0 Å². The number of nitro groups is 1. The Kier molecular flexibility index (Phi) is 6.90. The molecule has 1 heterocycles. The largest absolute Gasteiger partial charge is 0.490 e. The van der Waals surface area contributed by atoms with Crippen molar-refractivity contribution in [3.63, 3.8) is 0 Å². The highest BCUT2D eigenvalue weighted by molar-refractivity contribution is 7.99. The average Bonchev–Trinajstić information content (AvgIpc) is 3.24. The molecule has 0 bridgehead atoms. The fourth-order valence-corrected chi connectivity index (χ4v) is 5.22. The Morgan fingerprint density at radius 1 is 1.15 bits per heavy atom. The lowest BCUT2D eigenvalue weighted by atomic mass is 10.2. The number of benzene rings is 3. The van der Waals surface area contributed by atoms with E-state index < -0.39 is 4.92 Å². The Balaban J connectivity index is 1.56. The number of para-hydroxylation sites is 2. The van der Waals surface area contributed by atoms with Gasteiger partial charge < -0.3 is 4.74 Å². The topological polar surface area (TPSA) is 85.6 Å². The van der Waals surface area contributed by atoms with Gasteiger partial charge in [-0.2, -0.15) is 0 Å². The molecule has 0 atom stereocenters. The molecule has 0 N–H and O–H groups in total. The quantitative estimate of drug-likeness (QED) is 0.224. The molecule has 1 aromatic heterocycles. The Morgan fingerprint density at radius 2 is 1.91 bits per heavy atom. The standard InChI is InChI=1S/C24H21N3O4S2/c1-16-7-3-5-9-19(16)26(24-25-18-8-4-6-10-22(18)33-24)23(28)15-32-14-17-11-12-21(31-2)20(13-17)27(29)30/h3-13H,14-15H2,1-2H3. The van der Waals surface area contributed by atoms with Crippen molar-refractivity contribution in [3.8, 4) is 5.75 Å². The first-order valence-electron chi connectivity index (χ1n) is 10.1. The van der Waals surface area contributed by atoms with Crippen LogP contribution in [0.25, 0.3) is 10.2 Å². The lowest BCUT2D eigenvalue weighted by Crippen LogP contribution is -2.28. The van der Waals surface area contributed by atoms with E-state index in [9.17, 15) is 14.9 Å². The lowest BCUT2D eigenvalue weighted by molar-refractivity contribution is -0.385. The van der Waals surface area contributed by atoms with Gasteiger partial charge in [0.05, 0.1) is 33.7 Å². The predicted octanol–water partition coefficient (Wildman–Crippen LogP) is 6.12. The average molecular weight is 480 g/mol. The molecular formula is C24H21N3O4S2. The molecule has 168 valence electrons. The number of anilines is 2. The number of nitro benzene ring substituents is 1. The molecule has 0 fully saturated rings. The van der Waals surface area contributed by atoms with E-state index in [0.717, 1.165) is 27.0 Å². The van der Waals surface area contributed by atoms with Gasteiger partial charge in [-0.25, -0.2) is 4.98 Å². The number of carbonyl (C=O) groups is 1. The number of nitrogens with zero attached hydrogens (tertiary/aromatic N) is 3. The van der Waals surface area contributed by atoms with Crippen LogP contribution < -0.4 is 9.64 Å². The van der Waals surface area contributed by atoms with Crippen LogP contribution in [-0.4, -0.2) is 28.7 Å². The first-order chi connectivity index (χ1) is 16.0. The van der Waals surface area contributed by atoms with E-state index in [4.69, 9.17) is 9.72 Å². The van der Waals surface area contributed by atoms with Gasteiger partial charge in [0, 0.05) is 11.8 Å². The van der Waals surface area contributed by atoms with Gasteiger partial charge in [0.15, 0.2) is 10.9 Å². The summed E-state index contributed by atoms with van der Waals surface area (Å²) >= 11 is 2.87. The Morgan fingerprint density at radius 3 is 2.64 bits per heavy atom. The highest BCUT2D eigenvalue weighted by Crippen LogP contribution is 2.36. The Bertz CT molecular complexity index is 1290. The van der Waals surface area contributed by atoms with Crippen LogP contribution in [0.1, 0.15) is 11.1 Å². The van der Waals surface area contributed by atoms with Crippen LogP contribution in [0.15, 0.2) is 66.7 Å². The minimum absolute atomic E-state index is 0.0852. The van der Waals surface area contributed by atoms with E-state index in [1.807, 2.05) is 55.5 Å². The SMILES string of the molecule is COc1ccc(CSCC(=O)N(c2nc3ccccc3s2)c2ccccc2C)cc1[N+](=O)[O-]. The van der Waals surface area contributed by atoms with E-state index in [0.29, 0.717) is 10.9 Å². The van der Waals surface area contributed by atoms with Gasteiger partial charge in [-0.15, -0.1) is 11.8 Å². The second kappa shape index (κ2) is 10.0. The summed E-state index contributed by atoms with van der Waals surface area (Å²) in [5, 5.41) is 11.9. The minimum Gasteiger partial charge on any atom is -0.490 e. The van der Waals surface area contributed by atoms with Gasteiger partial charge >= 0.3 is 5.69 Å². The predicted molar refractivity (Wildman–Crippen MR) is 134 cm³/mol. The number of thiazole rings is 1. The van der Waals surface area contributed by atoms with Crippen LogP contribution in [0.3, 0.4) is 0 Å². The Hall–Kier alpha value is -3.43. The first-order valence-corrected chi connectivity index (χ1v) is 12.1. The number of fused-ring (bicyclic) bond motifs is 1. The molecule has 4 rings (SSSR count). The molecule has 0 aliphatic carbocycles. The third-order valence-corrected chi connectivity index (χ3v) is 7.02. The maximum atomic E-state index is 13.4. The van der Waals surface area contributed by atoms with E-state index in [-0.39, 0.29) is 23.1 Å². The van der Waals surface area contributed by atoms with Crippen LogP contribution >= 0.6 is 23.1 Å². The molecule has 4 aromatic rings. The normalized spacial score (nSPS) is 10.8. The number of carbonyl (C=O) groups excluding carboxylic acids is 1. The summed E-state index contributed by atoms with van der Waals surface area (Å²) < 4.78 is 6.07. The van der Waals surface area contributed by atoms with Crippen molar-refractivity contribution in [1.29, 1.82) is 0 Å². The van der Waals surface area contributed by atoms with Crippen molar-refractivity contribution in [1.82, 2.24) is 4.98 Å². The van der Waals surface area contributed by atoms with Crippen molar-refractivity contribution < 1.29 is 14.5 Å². The summed E-state index contributed by atoms with van der Waals surface area (Å²) in [4.78, 5) is 30.6. The number of thioether (sulfide) groups is 1. The molecular weight excluding hydrogens is 458 g/mol. The second-order valence-electron chi connectivity index (χ2n) is 7.24. The molecule has 0 unspecified atom stereocenters. The zero-order valence-corrected chi connectivity index (χ0v) is 19.7. The molecule has 0 saturated heterocycles. The summed E-state index contributed by atoms with van der Waals surface area (Å²) in [5.74, 6) is 0.769. The van der Waals surface area contributed by atoms with Gasteiger partial charge in [-0.05, 0) is 42.3 Å². The van der Waals surface area contributed by atoms with Crippen LogP contribution in [-0.2, 0) is 10.5 Å². The number of aromatic nitrogens is 1. The maximum Gasteiger partial charge on any atom is 0.311 e. The summed E-state index contributed by atoms with van der Waals surface area (Å²) in [6.07, 6.45) is 0. The van der Waals surface area contributed by atoms with Gasteiger partial charge in [0.25, 0.3) is 0 Å². The second-order valence-corrected chi connectivity index (χ2v) is 9.23. The molecule has 3 aromatic carbocycles. The van der Waals surface area contributed by atoms with Crippen LogP contribution in [0.4, 0.5) is 16.5 Å². The first kappa shape index (κ1) is 22.8. The highest BCUT2D eigenvalue weighted by Gasteiger charge is 2.23. The zero-order valence-electron chi connectivity index (χ0n) is 18.1. The van der Waals surface area contributed by atoms with E-state index in [1.165, 1.54) is 36.3 Å². The number of amides is 1. The molecule has 33 heavy (non-hydrogen) atoms. The highest BCUT2D eigenvalue weighted by atomic mass is 32.2. The number of hydrogen-bond donors (Lipinski definition) is 0. The molecule has 1 amide bonds. The van der Waals surface area contributed by atoms with E-state index in [2.05, 4.69) is 0 Å². The molecule has 0 saturated carbocycles. The molecule has 0 spiro atoms. The summed E-state index contributed by atoms with van der Waals surface area (Å²) in [6, 6.07) is 20.4. The van der Waals surface area contributed by atoms with Gasteiger partial charge in [0.2, 0.25) is 5.91 Å². The number of hydrogen-bond acceptors (Lipinski definition) is 7. The van der Waals surface area contributed by atoms with Crippen molar-refractivity contribution in [2.75, 3.05) is 17.8 Å². The minimum atomic E-state index is -0.467. The van der Waals surface area contributed by atoms with Crippen molar-refractivity contribution in [2.45, 2.75) is 12.7 Å². The fourth-order valence-electron chi connectivity index (χ4n) is 3.40. The number of aryl methyl sites for hydroxylation is 1. The summed E-state index contributed by atoms with van der Waals surface area (Å²) in [5.41, 5.74) is 3.28. The summed E-state index contributed by atoms with van der Waals surface area (Å²) in [6.45, 7) is 1.96. The van der Waals surface area contributed by atoms with E-state index >= 15 is 0 Å². The number of ether oxygens (including phenoxy) is 1. The smallest absolute Gasteiger partial charge is 0.311 e. The molecule has 0 radical (unpaired) electrons. The third-order valence-electron chi connectivity index (χ3n) is 5.01. The van der Waals surface area contributed by atoms with Gasteiger partial charge in [-0.1, -0.05) is 47.7 Å².